The van der Waals surface area contributed by atoms with Crippen LogP contribution in [0.4, 0.5) is 5.69 Å². The lowest BCUT2D eigenvalue weighted by atomic mass is 10.2. The molecule has 0 bridgehead atoms. The lowest BCUT2D eigenvalue weighted by Gasteiger charge is -2.09. The standard InChI is InChI=1S/C20H21N3O5/c1-4-28-20(25)15-6-5-7-16-19(15)23-17(22-16)11-18(24)21-12-8-13(26-2)10-14(9-12)27-3/h5-10H,4,11H2,1-3H3,(H,21,24)(H,22,23). The Balaban J connectivity index is 1.78. The predicted octanol–water partition coefficient (Wildman–Crippen LogP) is 2.94. The molecule has 0 atom stereocenters. The van der Waals surface area contributed by atoms with Crippen LogP contribution in [-0.4, -0.2) is 42.7 Å². The summed E-state index contributed by atoms with van der Waals surface area (Å²) in [5.41, 5.74) is 2.05. The van der Waals surface area contributed by atoms with E-state index in [1.165, 1.54) is 14.2 Å². The minimum Gasteiger partial charge on any atom is -0.497 e. The second kappa shape index (κ2) is 8.43. The molecule has 146 valence electrons. The van der Waals surface area contributed by atoms with E-state index in [2.05, 4.69) is 15.3 Å². The average Bonchev–Trinajstić information content (AvgIpc) is 3.09. The number of hydrogen-bond donors (Lipinski definition) is 2. The monoisotopic (exact) mass is 383 g/mol. The van der Waals surface area contributed by atoms with Crippen LogP contribution < -0.4 is 14.8 Å². The van der Waals surface area contributed by atoms with Gasteiger partial charge in [-0.25, -0.2) is 9.78 Å². The third-order valence-corrected chi connectivity index (χ3v) is 4.02. The fraction of sp³-hybridized carbons (Fsp3) is 0.250. The highest BCUT2D eigenvalue weighted by atomic mass is 16.5. The highest BCUT2D eigenvalue weighted by Gasteiger charge is 2.16. The van der Waals surface area contributed by atoms with E-state index in [4.69, 9.17) is 14.2 Å². The number of imidazole rings is 1. The average molecular weight is 383 g/mol. The Labute approximate surface area is 161 Å². The van der Waals surface area contributed by atoms with Crippen LogP contribution in [-0.2, 0) is 16.0 Å². The normalized spacial score (nSPS) is 10.5. The van der Waals surface area contributed by atoms with Gasteiger partial charge in [-0.3, -0.25) is 4.79 Å². The van der Waals surface area contributed by atoms with E-state index in [1.54, 1.807) is 43.3 Å². The van der Waals surface area contributed by atoms with Crippen molar-refractivity contribution in [3.05, 3.63) is 47.8 Å². The summed E-state index contributed by atoms with van der Waals surface area (Å²) in [6.45, 7) is 2.02. The molecule has 0 saturated heterocycles. The number of nitrogens with zero attached hydrogens (tertiary/aromatic N) is 1. The van der Waals surface area contributed by atoms with E-state index >= 15 is 0 Å². The molecule has 0 aliphatic heterocycles. The van der Waals surface area contributed by atoms with Gasteiger partial charge in [0.1, 0.15) is 22.8 Å². The van der Waals surface area contributed by atoms with Crippen molar-refractivity contribution in [1.29, 1.82) is 0 Å². The van der Waals surface area contributed by atoms with E-state index in [-0.39, 0.29) is 18.9 Å². The number of ether oxygens (including phenoxy) is 3. The molecule has 0 fully saturated rings. The van der Waals surface area contributed by atoms with Gasteiger partial charge in [-0.15, -0.1) is 0 Å². The molecule has 1 amide bonds. The number of esters is 1. The smallest absolute Gasteiger partial charge is 0.340 e. The molecule has 0 radical (unpaired) electrons. The summed E-state index contributed by atoms with van der Waals surface area (Å²) in [4.78, 5) is 32.0. The molecule has 3 rings (SSSR count). The molecule has 8 heteroatoms. The molecular formula is C20H21N3O5. The molecule has 2 aromatic carbocycles. The van der Waals surface area contributed by atoms with Crippen LogP contribution in [0.3, 0.4) is 0 Å². The fourth-order valence-electron chi connectivity index (χ4n) is 2.78. The number of carbonyl (C=O) groups is 2. The van der Waals surface area contributed by atoms with Gasteiger partial charge in [0, 0.05) is 23.9 Å². The van der Waals surface area contributed by atoms with E-state index in [1.807, 2.05) is 0 Å². The summed E-state index contributed by atoms with van der Waals surface area (Å²) in [6, 6.07) is 10.3. The highest BCUT2D eigenvalue weighted by Crippen LogP contribution is 2.26. The number of anilines is 1. The van der Waals surface area contributed by atoms with Crippen LogP contribution in [0.25, 0.3) is 11.0 Å². The van der Waals surface area contributed by atoms with Gasteiger partial charge in [0.25, 0.3) is 0 Å². The molecule has 28 heavy (non-hydrogen) atoms. The van der Waals surface area contributed by atoms with E-state index in [9.17, 15) is 9.59 Å². The predicted molar refractivity (Wildman–Crippen MR) is 104 cm³/mol. The van der Waals surface area contributed by atoms with Crippen molar-refractivity contribution >= 4 is 28.6 Å². The Bertz CT molecular complexity index is 990. The fourth-order valence-corrected chi connectivity index (χ4v) is 2.78. The summed E-state index contributed by atoms with van der Waals surface area (Å²) in [5, 5.41) is 2.79. The molecule has 0 spiro atoms. The maximum atomic E-state index is 12.4. The number of fused-ring (bicyclic) bond motifs is 1. The van der Waals surface area contributed by atoms with Gasteiger partial charge in [-0.1, -0.05) is 6.07 Å². The number of nitrogens with one attached hydrogen (secondary N) is 2. The van der Waals surface area contributed by atoms with Crippen molar-refractivity contribution < 1.29 is 23.8 Å². The Hall–Kier alpha value is -3.55. The summed E-state index contributed by atoms with van der Waals surface area (Å²) in [6.07, 6.45) is 0.0104. The number of aromatic nitrogens is 2. The molecule has 3 aromatic rings. The number of amides is 1. The zero-order valence-electron chi connectivity index (χ0n) is 15.9. The highest BCUT2D eigenvalue weighted by molar-refractivity contribution is 6.02. The van der Waals surface area contributed by atoms with Crippen LogP contribution in [0.1, 0.15) is 23.1 Å². The van der Waals surface area contributed by atoms with Crippen molar-refractivity contribution in [3.8, 4) is 11.5 Å². The first kappa shape index (κ1) is 19.2. The SMILES string of the molecule is CCOC(=O)c1cccc2[nH]c(CC(=O)Nc3cc(OC)cc(OC)c3)nc12. The maximum absolute atomic E-state index is 12.4. The Kier molecular flexibility index (Phi) is 5.78. The molecule has 8 nitrogen and oxygen atoms in total. The Morgan fingerprint density at radius 3 is 2.46 bits per heavy atom. The summed E-state index contributed by atoms with van der Waals surface area (Å²) < 4.78 is 15.5. The third-order valence-electron chi connectivity index (χ3n) is 4.02. The molecule has 1 heterocycles. The van der Waals surface area contributed by atoms with Gasteiger partial charge in [0.2, 0.25) is 5.91 Å². The van der Waals surface area contributed by atoms with Crippen molar-refractivity contribution in [1.82, 2.24) is 9.97 Å². The quantitative estimate of drug-likeness (QED) is 0.608. The van der Waals surface area contributed by atoms with Gasteiger partial charge >= 0.3 is 5.97 Å². The van der Waals surface area contributed by atoms with Gasteiger partial charge in [-0.2, -0.15) is 0 Å². The van der Waals surface area contributed by atoms with Crippen molar-refractivity contribution in [2.75, 3.05) is 26.1 Å². The molecule has 1 aromatic heterocycles. The van der Waals surface area contributed by atoms with Gasteiger partial charge in [0.15, 0.2) is 0 Å². The minimum absolute atomic E-state index is 0.0104. The number of aromatic amines is 1. The minimum atomic E-state index is -0.445. The second-order valence-electron chi connectivity index (χ2n) is 5.93. The number of methoxy groups -OCH3 is 2. The summed E-state index contributed by atoms with van der Waals surface area (Å²) in [7, 11) is 3.08. The van der Waals surface area contributed by atoms with Crippen LogP contribution >= 0.6 is 0 Å². The summed E-state index contributed by atoms with van der Waals surface area (Å²) >= 11 is 0. The van der Waals surface area contributed by atoms with E-state index < -0.39 is 5.97 Å². The van der Waals surface area contributed by atoms with Crippen LogP contribution in [0.15, 0.2) is 36.4 Å². The second-order valence-corrected chi connectivity index (χ2v) is 5.93. The molecule has 0 unspecified atom stereocenters. The number of H-pyrrole nitrogens is 1. The Morgan fingerprint density at radius 2 is 1.82 bits per heavy atom. The first-order chi connectivity index (χ1) is 13.5. The topological polar surface area (TPSA) is 103 Å². The van der Waals surface area contributed by atoms with Gasteiger partial charge in [-0.05, 0) is 19.1 Å². The molecule has 2 N–H and O–H groups in total. The number of hydrogen-bond acceptors (Lipinski definition) is 6. The summed E-state index contributed by atoms with van der Waals surface area (Å²) in [5.74, 6) is 0.861. The third kappa shape index (κ3) is 4.22. The number of para-hydroxylation sites is 1. The first-order valence-corrected chi connectivity index (χ1v) is 8.71. The van der Waals surface area contributed by atoms with Crippen LogP contribution in [0.2, 0.25) is 0 Å². The van der Waals surface area contributed by atoms with Crippen LogP contribution in [0.5, 0.6) is 11.5 Å². The lowest BCUT2D eigenvalue weighted by molar-refractivity contribution is -0.115. The van der Waals surface area contributed by atoms with Gasteiger partial charge < -0.3 is 24.5 Å². The van der Waals surface area contributed by atoms with Crippen LogP contribution in [0, 0.1) is 0 Å². The van der Waals surface area contributed by atoms with Crippen molar-refractivity contribution in [2.24, 2.45) is 0 Å². The molecule has 0 saturated carbocycles. The number of carbonyl (C=O) groups excluding carboxylic acids is 2. The lowest BCUT2D eigenvalue weighted by Crippen LogP contribution is -2.15. The van der Waals surface area contributed by atoms with E-state index in [0.29, 0.717) is 39.6 Å². The number of benzene rings is 2. The first-order valence-electron chi connectivity index (χ1n) is 8.71. The van der Waals surface area contributed by atoms with Crippen molar-refractivity contribution in [2.45, 2.75) is 13.3 Å². The van der Waals surface area contributed by atoms with Gasteiger partial charge in [0.05, 0.1) is 38.3 Å². The zero-order valence-corrected chi connectivity index (χ0v) is 15.9. The molecular weight excluding hydrogens is 362 g/mol. The van der Waals surface area contributed by atoms with Crippen molar-refractivity contribution in [3.63, 3.8) is 0 Å². The Morgan fingerprint density at radius 1 is 1.11 bits per heavy atom. The number of rotatable bonds is 7. The maximum Gasteiger partial charge on any atom is 0.340 e. The molecule has 0 aliphatic rings. The van der Waals surface area contributed by atoms with E-state index in [0.717, 1.165) is 0 Å². The largest absolute Gasteiger partial charge is 0.497 e. The molecule has 0 aliphatic carbocycles. The zero-order chi connectivity index (χ0) is 20.1.